The Bertz CT molecular complexity index is 1260. The first-order valence-electron chi connectivity index (χ1n) is 10.7. The van der Waals surface area contributed by atoms with Crippen molar-refractivity contribution >= 4 is 0 Å². The van der Waals surface area contributed by atoms with E-state index in [-0.39, 0.29) is 20.1 Å². The van der Waals surface area contributed by atoms with Gasteiger partial charge in [0.05, 0.1) is 11.4 Å². The molecule has 0 radical (unpaired) electrons. The SMILES string of the molecule is Cc1ccn(-c2[c-]c(-n3ccc(C)n3)c(C)cc2C)n1.[C-]#N.[Ir+3].[c-]1ccccc1-c1ccccn1. The Hall–Kier alpha value is -3.85. The van der Waals surface area contributed by atoms with Gasteiger partial charge < -0.3 is 16.8 Å². The molecule has 0 bridgehead atoms. The third kappa shape index (κ3) is 7.07. The Morgan fingerprint density at radius 3 is 1.77 bits per heavy atom. The van der Waals surface area contributed by atoms with Crippen molar-refractivity contribution < 1.29 is 20.1 Å². The molecule has 6 nitrogen and oxygen atoms in total. The fourth-order valence-corrected chi connectivity index (χ4v) is 3.40. The van der Waals surface area contributed by atoms with E-state index in [1.807, 2.05) is 90.2 Å². The first-order valence-corrected chi connectivity index (χ1v) is 10.7. The molecule has 0 aliphatic heterocycles. The summed E-state index contributed by atoms with van der Waals surface area (Å²) in [6, 6.07) is 26.4. The van der Waals surface area contributed by atoms with E-state index >= 15 is 0 Å². The van der Waals surface area contributed by atoms with E-state index in [0.717, 1.165) is 45.1 Å². The van der Waals surface area contributed by atoms with Crippen molar-refractivity contribution in [1.82, 2.24) is 24.5 Å². The van der Waals surface area contributed by atoms with Crippen molar-refractivity contribution in [3.05, 3.63) is 120 Å². The van der Waals surface area contributed by atoms with E-state index < -0.39 is 0 Å². The monoisotopic (exact) mass is 638 g/mol. The molecule has 0 saturated heterocycles. The normalized spacial score (nSPS) is 9.66. The number of aromatic nitrogens is 5. The van der Waals surface area contributed by atoms with Crippen LogP contribution in [0.4, 0.5) is 0 Å². The molecule has 0 spiro atoms. The van der Waals surface area contributed by atoms with Crippen LogP contribution in [0.5, 0.6) is 0 Å². The van der Waals surface area contributed by atoms with Gasteiger partial charge in [0.1, 0.15) is 0 Å². The number of aryl methyl sites for hydroxylation is 4. The van der Waals surface area contributed by atoms with Crippen LogP contribution in [-0.2, 0) is 20.1 Å². The topological polar surface area (TPSA) is 72.3 Å². The Morgan fingerprint density at radius 1 is 0.771 bits per heavy atom. The zero-order valence-electron chi connectivity index (χ0n) is 20.0. The minimum Gasteiger partial charge on any atom is -0.512 e. The smallest absolute Gasteiger partial charge is 0.512 e. The predicted octanol–water partition coefficient (Wildman–Crippen LogP) is 5.73. The summed E-state index contributed by atoms with van der Waals surface area (Å²) in [6.07, 6.45) is 5.71. The summed E-state index contributed by atoms with van der Waals surface area (Å²) in [4.78, 5) is 4.22. The van der Waals surface area contributed by atoms with Crippen molar-refractivity contribution in [2.24, 2.45) is 0 Å². The number of nitrogens with zero attached hydrogens (tertiary/aromatic N) is 6. The molecule has 3 aromatic heterocycles. The molecule has 0 amide bonds. The van der Waals surface area contributed by atoms with E-state index in [1.165, 1.54) is 0 Å². The van der Waals surface area contributed by atoms with E-state index in [4.69, 9.17) is 11.8 Å². The maximum atomic E-state index is 6.25. The van der Waals surface area contributed by atoms with E-state index in [1.54, 1.807) is 6.20 Å². The zero-order valence-corrected chi connectivity index (χ0v) is 22.4. The van der Waals surface area contributed by atoms with Gasteiger partial charge in [0, 0.05) is 18.6 Å². The molecule has 5 rings (SSSR count). The molecule has 0 aliphatic carbocycles. The van der Waals surface area contributed by atoms with Gasteiger partial charge in [-0.3, -0.25) is 9.36 Å². The van der Waals surface area contributed by atoms with Crippen molar-refractivity contribution in [1.29, 1.82) is 5.26 Å². The van der Waals surface area contributed by atoms with E-state index in [0.29, 0.717) is 0 Å². The standard InChI is InChI=1S/C16H17N4.C11H8N.CN.Ir/c1-11-9-12(2)16(20-8-6-14(4)18-20)10-15(11)19-7-5-13(3)17-19;1-2-6-10(7-3-1)11-8-4-5-9-12-11;1-2;/h5-9H,1-4H3;1-6,8-9H;;/q3*-1;+3. The van der Waals surface area contributed by atoms with E-state index in [9.17, 15) is 0 Å². The van der Waals surface area contributed by atoms with Crippen LogP contribution in [0.1, 0.15) is 22.5 Å². The van der Waals surface area contributed by atoms with Crippen LogP contribution in [0.2, 0.25) is 0 Å². The van der Waals surface area contributed by atoms with Crippen LogP contribution in [0, 0.1) is 51.7 Å². The van der Waals surface area contributed by atoms with Crippen LogP contribution >= 0.6 is 0 Å². The molecule has 0 N–H and O–H groups in total. The first kappa shape index (κ1) is 27.4. The third-order valence-electron chi connectivity index (χ3n) is 4.97. The second kappa shape index (κ2) is 13.1. The molecule has 0 atom stereocenters. The second-order valence-corrected chi connectivity index (χ2v) is 7.63. The average molecular weight is 638 g/mol. The number of hydrogen-bond acceptors (Lipinski definition) is 4. The fourth-order valence-electron chi connectivity index (χ4n) is 3.40. The van der Waals surface area contributed by atoms with Crippen LogP contribution in [-0.4, -0.2) is 24.5 Å². The van der Waals surface area contributed by atoms with Crippen molar-refractivity contribution in [3.63, 3.8) is 0 Å². The van der Waals surface area contributed by atoms with Gasteiger partial charge in [0.2, 0.25) is 0 Å². The Kier molecular flexibility index (Phi) is 10.3. The van der Waals surface area contributed by atoms with Crippen LogP contribution < -0.4 is 0 Å². The summed E-state index contributed by atoms with van der Waals surface area (Å²) in [5, 5.41) is 15.2. The van der Waals surface area contributed by atoms with Crippen molar-refractivity contribution in [3.8, 4) is 22.6 Å². The molecule has 7 heteroatoms. The van der Waals surface area contributed by atoms with Crippen molar-refractivity contribution in [2.75, 3.05) is 0 Å². The van der Waals surface area contributed by atoms with Gasteiger partial charge in [-0.25, -0.2) is 0 Å². The van der Waals surface area contributed by atoms with Gasteiger partial charge in [-0.1, -0.05) is 26.0 Å². The molecule has 2 aromatic carbocycles. The number of pyridine rings is 1. The van der Waals surface area contributed by atoms with Crippen molar-refractivity contribution in [2.45, 2.75) is 27.7 Å². The van der Waals surface area contributed by atoms with Gasteiger partial charge in [0.25, 0.3) is 0 Å². The molecular formula is C28H25IrN6. The summed E-state index contributed by atoms with van der Waals surface area (Å²) in [7, 11) is 0. The third-order valence-corrected chi connectivity index (χ3v) is 4.97. The minimum absolute atomic E-state index is 0. The van der Waals surface area contributed by atoms with Gasteiger partial charge in [-0.15, -0.1) is 53.1 Å². The van der Waals surface area contributed by atoms with Crippen LogP contribution in [0.25, 0.3) is 22.6 Å². The predicted molar refractivity (Wildman–Crippen MR) is 132 cm³/mol. The summed E-state index contributed by atoms with van der Waals surface area (Å²) < 4.78 is 3.73. The number of hydrogen-bond donors (Lipinski definition) is 0. The molecule has 0 saturated carbocycles. The summed E-state index contributed by atoms with van der Waals surface area (Å²) >= 11 is 0. The Balaban J connectivity index is 0.000000247. The van der Waals surface area contributed by atoms with Crippen LogP contribution in [0.15, 0.2) is 79.3 Å². The van der Waals surface area contributed by atoms with Gasteiger partial charge in [0.15, 0.2) is 0 Å². The zero-order chi connectivity index (χ0) is 24.5. The molecule has 35 heavy (non-hydrogen) atoms. The summed E-state index contributed by atoms with van der Waals surface area (Å²) in [5.74, 6) is 0. The molecular weight excluding hydrogens is 613 g/mol. The number of benzene rings is 2. The number of rotatable bonds is 3. The molecule has 176 valence electrons. The average Bonchev–Trinajstić information content (AvgIpc) is 3.50. The molecule has 0 unspecified atom stereocenters. The second-order valence-electron chi connectivity index (χ2n) is 7.63. The minimum atomic E-state index is 0. The summed E-state index contributed by atoms with van der Waals surface area (Å²) in [5.41, 5.74) is 8.23. The van der Waals surface area contributed by atoms with E-state index in [2.05, 4.69) is 47.2 Å². The first-order chi connectivity index (χ1) is 16.5. The largest absolute Gasteiger partial charge is 3.00 e. The Labute approximate surface area is 220 Å². The molecule has 5 aromatic rings. The maximum absolute atomic E-state index is 6.25. The molecule has 0 aliphatic rings. The Morgan fingerprint density at radius 2 is 1.34 bits per heavy atom. The maximum Gasteiger partial charge on any atom is 3.00 e. The van der Waals surface area contributed by atoms with Gasteiger partial charge in [-0.2, -0.15) is 16.3 Å². The van der Waals surface area contributed by atoms with Crippen LogP contribution in [0.3, 0.4) is 0 Å². The van der Waals surface area contributed by atoms with Gasteiger partial charge in [-0.05, 0) is 49.1 Å². The fraction of sp³-hybridized carbons (Fsp3) is 0.143. The quantitative estimate of drug-likeness (QED) is 0.237. The molecule has 3 heterocycles. The summed E-state index contributed by atoms with van der Waals surface area (Å²) in [6.45, 7) is 12.9. The van der Waals surface area contributed by atoms with Gasteiger partial charge >= 0.3 is 20.1 Å². The molecule has 0 fully saturated rings.